The van der Waals surface area contributed by atoms with E-state index >= 15 is 0 Å². The van der Waals surface area contributed by atoms with Gasteiger partial charge in [-0.1, -0.05) is 20.3 Å². The van der Waals surface area contributed by atoms with Crippen molar-refractivity contribution in [1.29, 1.82) is 0 Å². The summed E-state index contributed by atoms with van der Waals surface area (Å²) in [7, 11) is 1.49. The molecule has 9 atom stereocenters. The van der Waals surface area contributed by atoms with Crippen LogP contribution in [0.5, 0.6) is 11.5 Å². The molecule has 6 aliphatic rings. The van der Waals surface area contributed by atoms with Crippen LogP contribution in [-0.4, -0.2) is 78.3 Å². The normalized spacial score (nSPS) is 33.9. The topological polar surface area (TPSA) is 125 Å². The molecule has 9 nitrogen and oxygen atoms in total. The quantitative estimate of drug-likeness (QED) is 0.208. The number of aliphatic hydroxyl groups is 2. The van der Waals surface area contributed by atoms with E-state index in [0.717, 1.165) is 37.4 Å². The number of hydrogen-bond acceptors (Lipinski definition) is 7. The van der Waals surface area contributed by atoms with Crippen LogP contribution in [0.3, 0.4) is 0 Å². The predicted octanol–water partition coefficient (Wildman–Crippen LogP) is 4.76. The Kier molecular flexibility index (Phi) is 10.1. The van der Waals surface area contributed by atoms with Crippen molar-refractivity contribution in [3.05, 3.63) is 32.9 Å². The molecule has 252 valence electrons. The van der Waals surface area contributed by atoms with Gasteiger partial charge in [-0.25, -0.2) is 0 Å². The van der Waals surface area contributed by atoms with Gasteiger partial charge in [0.15, 0.2) is 11.5 Å². The number of aliphatic hydroxyl groups excluding tert-OH is 2. The molecule has 1 aromatic carbocycles. The highest BCUT2D eigenvalue weighted by atomic mass is 127. The van der Waals surface area contributed by atoms with Gasteiger partial charge in [-0.2, -0.15) is 0 Å². The Morgan fingerprint density at radius 2 is 1.93 bits per heavy atom. The molecule has 5 fully saturated rings. The Balaban J connectivity index is 1.32. The first-order chi connectivity index (χ1) is 22.0. The summed E-state index contributed by atoms with van der Waals surface area (Å²) in [5, 5.41) is 24.2. The van der Waals surface area contributed by atoms with Crippen molar-refractivity contribution in [2.75, 3.05) is 26.8 Å². The summed E-state index contributed by atoms with van der Waals surface area (Å²) in [5.41, 5.74) is 1.09. The minimum Gasteiger partial charge on any atom is -0.493 e. The first kappa shape index (κ1) is 33.7. The molecule has 0 aromatic heterocycles. The number of methoxy groups -OCH3 is 1. The van der Waals surface area contributed by atoms with Crippen LogP contribution in [-0.2, 0) is 9.59 Å². The monoisotopic (exact) mass is 748 g/mol. The molecule has 2 amide bonds. The molecule has 3 unspecified atom stereocenters. The molecular formula is C36H49IN2O7. The largest absolute Gasteiger partial charge is 0.493 e. The third kappa shape index (κ3) is 6.46. The molecule has 0 aliphatic heterocycles. The Hall–Kier alpha value is -2.18. The lowest BCUT2D eigenvalue weighted by molar-refractivity contribution is -0.149. The predicted molar refractivity (Wildman–Crippen MR) is 181 cm³/mol. The Labute approximate surface area is 286 Å². The molecule has 4 bridgehead atoms. The van der Waals surface area contributed by atoms with E-state index in [1.807, 2.05) is 4.90 Å². The smallest absolute Gasteiger partial charge is 0.247 e. The van der Waals surface area contributed by atoms with Crippen LogP contribution in [0.4, 0.5) is 0 Å². The summed E-state index contributed by atoms with van der Waals surface area (Å²) in [6, 6.07) is 2.60. The molecule has 3 N–H and O–H groups in total. The van der Waals surface area contributed by atoms with Gasteiger partial charge in [0, 0.05) is 37.1 Å². The van der Waals surface area contributed by atoms with Crippen molar-refractivity contribution >= 4 is 40.7 Å². The zero-order valence-electron chi connectivity index (χ0n) is 27.3. The number of nitrogens with zero attached hydrogens (tertiary/aromatic N) is 1. The van der Waals surface area contributed by atoms with Crippen LogP contribution < -0.4 is 14.8 Å². The molecule has 0 saturated heterocycles. The fourth-order valence-corrected chi connectivity index (χ4v) is 10.4. The SMILES string of the molecule is COc1cc(C=O)cc(I)c1O[C@H]1C=C(C(=O)NCCO)C[C@@H](N(C[C@@H]2CC[C@H]3C[C@@H]2C3(C)C)C(=O)CC2CC3CCC2C3)[C@@H]1O. The number of benzene rings is 1. The first-order valence-electron chi connectivity index (χ1n) is 17.1. The van der Waals surface area contributed by atoms with E-state index in [1.54, 1.807) is 18.2 Å². The third-order valence-corrected chi connectivity index (χ3v) is 13.1. The second-order valence-corrected chi connectivity index (χ2v) is 16.2. The van der Waals surface area contributed by atoms with E-state index in [0.29, 0.717) is 62.8 Å². The number of nitrogens with one attached hydrogen (secondary N) is 1. The van der Waals surface area contributed by atoms with Gasteiger partial charge in [-0.3, -0.25) is 14.4 Å². The van der Waals surface area contributed by atoms with Crippen molar-refractivity contribution in [2.45, 2.75) is 89.9 Å². The maximum atomic E-state index is 14.5. The number of halogens is 1. The van der Waals surface area contributed by atoms with E-state index in [2.05, 4.69) is 41.8 Å². The van der Waals surface area contributed by atoms with Gasteiger partial charge in [-0.05, 0) is 120 Å². The van der Waals surface area contributed by atoms with Crippen molar-refractivity contribution in [3.8, 4) is 11.5 Å². The molecule has 46 heavy (non-hydrogen) atoms. The Bertz CT molecular complexity index is 1360. The van der Waals surface area contributed by atoms with E-state index in [4.69, 9.17) is 9.47 Å². The summed E-state index contributed by atoms with van der Waals surface area (Å²) < 4.78 is 12.6. The van der Waals surface area contributed by atoms with Gasteiger partial charge in [0.1, 0.15) is 18.5 Å². The molecule has 0 heterocycles. The molecule has 1 aromatic rings. The van der Waals surface area contributed by atoms with Gasteiger partial charge >= 0.3 is 0 Å². The number of hydrogen-bond donors (Lipinski definition) is 3. The summed E-state index contributed by atoms with van der Waals surface area (Å²) in [6.07, 6.45) is 9.21. The van der Waals surface area contributed by atoms with Crippen LogP contribution in [0.1, 0.15) is 82.0 Å². The van der Waals surface area contributed by atoms with Gasteiger partial charge in [-0.15, -0.1) is 0 Å². The second kappa shape index (κ2) is 13.7. The van der Waals surface area contributed by atoms with Crippen LogP contribution in [0.25, 0.3) is 0 Å². The van der Waals surface area contributed by atoms with Crippen molar-refractivity contribution in [3.63, 3.8) is 0 Å². The first-order valence-corrected chi connectivity index (χ1v) is 18.2. The molecule has 6 aliphatic carbocycles. The maximum absolute atomic E-state index is 14.5. The average Bonchev–Trinajstić information content (AvgIpc) is 3.67. The average molecular weight is 749 g/mol. The van der Waals surface area contributed by atoms with E-state index in [1.165, 1.54) is 32.8 Å². The number of carbonyl (C=O) groups excluding carboxylic acids is 3. The third-order valence-electron chi connectivity index (χ3n) is 12.3. The zero-order chi connectivity index (χ0) is 32.7. The zero-order valence-corrected chi connectivity index (χ0v) is 29.4. The van der Waals surface area contributed by atoms with Crippen molar-refractivity contribution in [2.24, 2.45) is 40.9 Å². The summed E-state index contributed by atoms with van der Waals surface area (Å²) in [6.45, 7) is 5.18. The van der Waals surface area contributed by atoms with E-state index in [9.17, 15) is 24.6 Å². The number of ether oxygens (including phenoxy) is 2. The molecule has 0 radical (unpaired) electrons. The van der Waals surface area contributed by atoms with Crippen LogP contribution in [0.15, 0.2) is 23.8 Å². The maximum Gasteiger partial charge on any atom is 0.247 e. The summed E-state index contributed by atoms with van der Waals surface area (Å²) in [5.74, 6) is 3.74. The van der Waals surface area contributed by atoms with Crippen LogP contribution in [0.2, 0.25) is 0 Å². The summed E-state index contributed by atoms with van der Waals surface area (Å²) in [4.78, 5) is 41.3. The second-order valence-electron chi connectivity index (χ2n) is 15.1. The Morgan fingerprint density at radius 3 is 2.57 bits per heavy atom. The molecule has 5 saturated carbocycles. The van der Waals surface area contributed by atoms with Crippen molar-refractivity contribution in [1.82, 2.24) is 10.2 Å². The highest BCUT2D eigenvalue weighted by molar-refractivity contribution is 14.1. The molecular weight excluding hydrogens is 699 g/mol. The standard InChI is InChI=1S/C36H49IN2O7/c1-36(2)26-7-6-23(27(36)17-26)18-39(32(42)16-24-11-20-4-5-22(24)10-20)29-14-25(35(44)38-8-9-40)15-30(33(29)43)46-34-28(37)12-21(19-41)13-31(34)45-3/h12-13,15,19-20,22-24,26-27,29-30,33,40,43H,4-11,14,16-18H2,1-3H3,(H,38,44)/t20?,22?,23-,24?,26-,27-,29+,30-,33-/m0/s1. The van der Waals surface area contributed by atoms with Gasteiger partial charge in [0.2, 0.25) is 11.8 Å². The lowest BCUT2D eigenvalue weighted by Gasteiger charge is -2.61. The van der Waals surface area contributed by atoms with Crippen LogP contribution in [0, 0.1) is 44.5 Å². The van der Waals surface area contributed by atoms with Crippen LogP contribution >= 0.6 is 22.6 Å². The van der Waals surface area contributed by atoms with Gasteiger partial charge in [0.05, 0.1) is 23.3 Å². The molecule has 10 heteroatoms. The number of amides is 2. The summed E-state index contributed by atoms with van der Waals surface area (Å²) >= 11 is 2.07. The number of aldehydes is 1. The van der Waals surface area contributed by atoms with E-state index in [-0.39, 0.29) is 36.8 Å². The molecule has 0 spiro atoms. The van der Waals surface area contributed by atoms with Gasteiger partial charge < -0.3 is 29.9 Å². The number of fused-ring (bicyclic) bond motifs is 4. The van der Waals surface area contributed by atoms with Crippen molar-refractivity contribution < 1.29 is 34.1 Å². The number of rotatable bonds is 12. The fraction of sp³-hybridized carbons (Fsp3) is 0.694. The highest BCUT2D eigenvalue weighted by Gasteiger charge is 2.55. The lowest BCUT2D eigenvalue weighted by atomic mass is 9.45. The fourth-order valence-electron chi connectivity index (χ4n) is 9.66. The Morgan fingerprint density at radius 1 is 1.13 bits per heavy atom. The minimum atomic E-state index is -1.10. The molecule has 7 rings (SSSR count). The lowest BCUT2D eigenvalue weighted by Crippen LogP contribution is -2.59. The van der Waals surface area contributed by atoms with Gasteiger partial charge in [0.25, 0.3) is 0 Å². The minimum absolute atomic E-state index is 0.0686. The highest BCUT2D eigenvalue weighted by Crippen LogP contribution is 2.61. The van der Waals surface area contributed by atoms with E-state index < -0.39 is 18.2 Å². The number of carbonyl (C=O) groups is 3.